The summed E-state index contributed by atoms with van der Waals surface area (Å²) in [6.07, 6.45) is 3.65. The standard InChI is InChI=1S/C14H21N5O/c1-4-5-11-13(15)14(19(2)18-11)17-9-10-6-7-16-12(8-10)20-3/h6-8,17H,4-5,9,15H2,1-3H3. The Morgan fingerprint density at radius 1 is 1.45 bits per heavy atom. The summed E-state index contributed by atoms with van der Waals surface area (Å²) < 4.78 is 6.90. The lowest BCUT2D eigenvalue weighted by atomic mass is 10.2. The van der Waals surface area contributed by atoms with Crippen molar-refractivity contribution < 1.29 is 4.74 Å². The summed E-state index contributed by atoms with van der Waals surface area (Å²) in [5, 5.41) is 7.76. The molecule has 108 valence electrons. The lowest BCUT2D eigenvalue weighted by Crippen LogP contribution is -2.06. The largest absolute Gasteiger partial charge is 0.481 e. The van der Waals surface area contributed by atoms with Crippen molar-refractivity contribution >= 4 is 11.5 Å². The van der Waals surface area contributed by atoms with Gasteiger partial charge in [-0.05, 0) is 18.1 Å². The number of aromatic nitrogens is 3. The molecule has 2 rings (SSSR count). The topological polar surface area (TPSA) is 78.0 Å². The summed E-state index contributed by atoms with van der Waals surface area (Å²) in [4.78, 5) is 4.08. The molecule has 2 aromatic rings. The lowest BCUT2D eigenvalue weighted by Gasteiger charge is -2.08. The molecule has 0 radical (unpaired) electrons. The number of ether oxygens (including phenoxy) is 1. The molecule has 3 N–H and O–H groups in total. The Balaban J connectivity index is 2.10. The molecular formula is C14H21N5O. The second-order valence-corrected chi connectivity index (χ2v) is 4.64. The highest BCUT2D eigenvalue weighted by Crippen LogP contribution is 2.23. The third kappa shape index (κ3) is 3.01. The van der Waals surface area contributed by atoms with Crippen molar-refractivity contribution in [1.82, 2.24) is 14.8 Å². The summed E-state index contributed by atoms with van der Waals surface area (Å²) in [5.41, 5.74) is 8.89. The monoisotopic (exact) mass is 275 g/mol. The Hall–Kier alpha value is -2.24. The van der Waals surface area contributed by atoms with Gasteiger partial charge >= 0.3 is 0 Å². The third-order valence-electron chi connectivity index (χ3n) is 3.12. The zero-order chi connectivity index (χ0) is 14.5. The number of hydrogen-bond acceptors (Lipinski definition) is 5. The van der Waals surface area contributed by atoms with Gasteiger partial charge in [0.15, 0.2) is 0 Å². The quantitative estimate of drug-likeness (QED) is 0.842. The van der Waals surface area contributed by atoms with Crippen LogP contribution in [-0.4, -0.2) is 21.9 Å². The first kappa shape index (κ1) is 14.2. The van der Waals surface area contributed by atoms with Crippen LogP contribution in [0, 0.1) is 0 Å². The fourth-order valence-electron chi connectivity index (χ4n) is 2.08. The maximum absolute atomic E-state index is 6.13. The molecule has 0 aliphatic rings. The van der Waals surface area contributed by atoms with Gasteiger partial charge in [-0.15, -0.1) is 0 Å². The number of nitrogen functional groups attached to an aromatic ring is 1. The second kappa shape index (κ2) is 6.27. The van der Waals surface area contributed by atoms with E-state index in [1.54, 1.807) is 18.0 Å². The van der Waals surface area contributed by atoms with Crippen LogP contribution in [0.3, 0.4) is 0 Å². The summed E-state index contributed by atoms with van der Waals surface area (Å²) in [5.74, 6) is 1.46. The third-order valence-corrected chi connectivity index (χ3v) is 3.12. The Kier molecular flexibility index (Phi) is 4.45. The van der Waals surface area contributed by atoms with Crippen LogP contribution in [0.15, 0.2) is 18.3 Å². The fourth-order valence-corrected chi connectivity index (χ4v) is 2.08. The molecule has 0 spiro atoms. The zero-order valence-corrected chi connectivity index (χ0v) is 12.2. The number of hydrogen-bond donors (Lipinski definition) is 2. The smallest absolute Gasteiger partial charge is 0.213 e. The van der Waals surface area contributed by atoms with E-state index in [0.29, 0.717) is 12.4 Å². The minimum absolute atomic E-state index is 0.606. The van der Waals surface area contributed by atoms with E-state index in [4.69, 9.17) is 10.5 Å². The molecule has 2 aromatic heterocycles. The predicted molar refractivity (Wildman–Crippen MR) is 79.7 cm³/mol. The van der Waals surface area contributed by atoms with Crippen molar-refractivity contribution in [2.24, 2.45) is 7.05 Å². The van der Waals surface area contributed by atoms with Crippen LogP contribution in [0.1, 0.15) is 24.6 Å². The molecule has 0 aromatic carbocycles. The number of nitrogens with one attached hydrogen (secondary N) is 1. The second-order valence-electron chi connectivity index (χ2n) is 4.64. The molecule has 0 unspecified atom stereocenters. The van der Waals surface area contributed by atoms with E-state index >= 15 is 0 Å². The molecule has 0 saturated carbocycles. The highest BCUT2D eigenvalue weighted by molar-refractivity contribution is 5.65. The summed E-state index contributed by atoms with van der Waals surface area (Å²) in [7, 11) is 3.50. The Morgan fingerprint density at radius 2 is 2.25 bits per heavy atom. The average molecular weight is 275 g/mol. The number of pyridine rings is 1. The summed E-state index contributed by atoms with van der Waals surface area (Å²) in [6, 6.07) is 3.83. The lowest BCUT2D eigenvalue weighted by molar-refractivity contribution is 0.397. The van der Waals surface area contributed by atoms with Crippen molar-refractivity contribution in [2.45, 2.75) is 26.3 Å². The Bertz CT molecular complexity index is 579. The first-order valence-corrected chi connectivity index (χ1v) is 6.69. The van der Waals surface area contributed by atoms with E-state index in [9.17, 15) is 0 Å². The molecule has 0 bridgehead atoms. The molecule has 2 heterocycles. The number of methoxy groups -OCH3 is 1. The SMILES string of the molecule is CCCc1nn(C)c(NCc2ccnc(OC)c2)c1N. The fraction of sp³-hybridized carbons (Fsp3) is 0.429. The van der Waals surface area contributed by atoms with Gasteiger partial charge in [-0.25, -0.2) is 4.98 Å². The predicted octanol–water partition coefficient (Wildman–Crippen LogP) is 1.97. The van der Waals surface area contributed by atoms with Gasteiger partial charge in [0, 0.05) is 25.9 Å². The maximum Gasteiger partial charge on any atom is 0.213 e. The Morgan fingerprint density at radius 3 is 2.95 bits per heavy atom. The van der Waals surface area contributed by atoms with Crippen LogP contribution in [0.5, 0.6) is 5.88 Å². The highest BCUT2D eigenvalue weighted by atomic mass is 16.5. The van der Waals surface area contributed by atoms with Crippen LogP contribution in [0.2, 0.25) is 0 Å². The molecule has 0 saturated heterocycles. The normalized spacial score (nSPS) is 10.6. The van der Waals surface area contributed by atoms with E-state index in [1.165, 1.54) is 0 Å². The number of anilines is 2. The molecule has 0 aliphatic carbocycles. The first-order chi connectivity index (χ1) is 9.65. The van der Waals surface area contributed by atoms with Crippen molar-refractivity contribution in [2.75, 3.05) is 18.2 Å². The minimum atomic E-state index is 0.606. The van der Waals surface area contributed by atoms with E-state index in [0.717, 1.165) is 35.6 Å². The minimum Gasteiger partial charge on any atom is -0.481 e. The Labute approximate surface area is 119 Å². The van der Waals surface area contributed by atoms with E-state index < -0.39 is 0 Å². The van der Waals surface area contributed by atoms with Crippen LogP contribution in [0.25, 0.3) is 0 Å². The van der Waals surface area contributed by atoms with Crippen LogP contribution in [-0.2, 0) is 20.0 Å². The van der Waals surface area contributed by atoms with Gasteiger partial charge in [0.05, 0.1) is 18.5 Å². The van der Waals surface area contributed by atoms with Gasteiger partial charge in [-0.1, -0.05) is 13.3 Å². The van der Waals surface area contributed by atoms with Crippen LogP contribution >= 0.6 is 0 Å². The van der Waals surface area contributed by atoms with Gasteiger partial charge in [-0.3, -0.25) is 4.68 Å². The molecule has 0 atom stereocenters. The number of aryl methyl sites for hydroxylation is 2. The number of rotatable bonds is 6. The molecule has 0 fully saturated rings. The molecule has 6 nitrogen and oxygen atoms in total. The van der Waals surface area contributed by atoms with Crippen LogP contribution in [0.4, 0.5) is 11.5 Å². The van der Waals surface area contributed by atoms with Crippen molar-refractivity contribution in [1.29, 1.82) is 0 Å². The van der Waals surface area contributed by atoms with Gasteiger partial charge in [-0.2, -0.15) is 5.10 Å². The summed E-state index contributed by atoms with van der Waals surface area (Å²) in [6.45, 7) is 2.76. The van der Waals surface area contributed by atoms with Crippen molar-refractivity contribution in [3.05, 3.63) is 29.6 Å². The van der Waals surface area contributed by atoms with E-state index in [-0.39, 0.29) is 0 Å². The molecule has 6 heteroatoms. The van der Waals surface area contributed by atoms with E-state index in [1.807, 2.05) is 19.2 Å². The van der Waals surface area contributed by atoms with Crippen molar-refractivity contribution in [3.8, 4) is 5.88 Å². The highest BCUT2D eigenvalue weighted by Gasteiger charge is 2.12. The van der Waals surface area contributed by atoms with Gasteiger partial charge in [0.25, 0.3) is 0 Å². The molecular weight excluding hydrogens is 254 g/mol. The molecule has 0 amide bonds. The maximum atomic E-state index is 6.13. The molecule has 20 heavy (non-hydrogen) atoms. The first-order valence-electron chi connectivity index (χ1n) is 6.69. The number of nitrogens with zero attached hydrogens (tertiary/aromatic N) is 3. The number of nitrogens with two attached hydrogens (primary N) is 1. The molecule has 0 aliphatic heterocycles. The zero-order valence-electron chi connectivity index (χ0n) is 12.2. The van der Waals surface area contributed by atoms with E-state index in [2.05, 4.69) is 22.3 Å². The van der Waals surface area contributed by atoms with Gasteiger partial charge < -0.3 is 15.8 Å². The average Bonchev–Trinajstić information content (AvgIpc) is 2.72. The summed E-state index contributed by atoms with van der Waals surface area (Å²) >= 11 is 0. The van der Waals surface area contributed by atoms with Gasteiger partial charge in [0.1, 0.15) is 5.82 Å². The van der Waals surface area contributed by atoms with Crippen LogP contribution < -0.4 is 15.8 Å². The van der Waals surface area contributed by atoms with Crippen molar-refractivity contribution in [3.63, 3.8) is 0 Å². The van der Waals surface area contributed by atoms with Gasteiger partial charge in [0.2, 0.25) is 5.88 Å².